The molecule has 0 fully saturated rings. The van der Waals surface area contributed by atoms with Crippen LogP contribution in [-0.2, 0) is 5.41 Å². The predicted octanol–water partition coefficient (Wildman–Crippen LogP) is 20.6. The van der Waals surface area contributed by atoms with Crippen LogP contribution in [0.5, 0.6) is 0 Å². The summed E-state index contributed by atoms with van der Waals surface area (Å²) in [6.45, 7) is 4.70. The summed E-state index contributed by atoms with van der Waals surface area (Å²) < 4.78 is 7.00. The van der Waals surface area contributed by atoms with Gasteiger partial charge in [-0.2, -0.15) is 9.97 Å². The fourth-order valence-electron chi connectivity index (χ4n) is 14.0. The minimum atomic E-state index is -0.1000. The largest absolute Gasteiger partial charge is 0.309 e. The van der Waals surface area contributed by atoms with Crippen molar-refractivity contribution in [1.29, 1.82) is 0 Å². The minimum absolute atomic E-state index is 0.1000. The molecule has 0 unspecified atom stereocenters. The van der Waals surface area contributed by atoms with Crippen LogP contribution in [0.4, 0.5) is 0 Å². The van der Waals surface area contributed by atoms with E-state index in [1.165, 1.54) is 64.2 Å². The van der Waals surface area contributed by atoms with Gasteiger partial charge in [-0.25, -0.2) is 19.9 Å². The molecular weight excluding hydrogens is 1120 g/mol. The molecule has 5 heterocycles. The summed E-state index contributed by atoms with van der Waals surface area (Å²) in [6, 6.07) is 98.9. The van der Waals surface area contributed by atoms with E-state index in [0.717, 1.165) is 77.6 Å². The van der Waals surface area contributed by atoms with Crippen LogP contribution in [0.3, 0.4) is 0 Å². The van der Waals surface area contributed by atoms with Crippen molar-refractivity contribution >= 4 is 75.1 Å². The number of nitrogens with zero attached hydrogens (tertiary/aromatic N) is 8. The molecule has 0 saturated carbocycles. The highest BCUT2D eigenvalue weighted by Gasteiger charge is 2.37. The molecule has 18 rings (SSSR count). The number of aromatic nitrogens is 8. The molecule has 90 heavy (non-hydrogen) atoms. The van der Waals surface area contributed by atoms with E-state index in [0.29, 0.717) is 35.1 Å². The Morgan fingerprint density at radius 3 is 1.51 bits per heavy atom. The summed E-state index contributed by atoms with van der Waals surface area (Å²) in [5.41, 5.74) is 19.6. The molecule has 8 nitrogen and oxygen atoms in total. The molecule has 0 atom stereocenters. The zero-order chi connectivity index (χ0) is 59.6. The third-order valence-corrected chi connectivity index (χ3v) is 19.4. The van der Waals surface area contributed by atoms with E-state index in [-0.39, 0.29) is 5.41 Å². The fourth-order valence-corrected chi connectivity index (χ4v) is 15.2. The average Bonchev–Trinajstić information content (AvgIpc) is 1.56. The number of thiophene rings is 1. The van der Waals surface area contributed by atoms with Crippen molar-refractivity contribution in [3.8, 4) is 102 Å². The Morgan fingerprint density at radius 1 is 0.289 bits per heavy atom. The topological polar surface area (TPSA) is 87.2 Å². The van der Waals surface area contributed by atoms with Gasteiger partial charge in [0.05, 0.1) is 22.1 Å². The second kappa shape index (κ2) is 20.3. The lowest BCUT2D eigenvalue weighted by Crippen LogP contribution is -2.14. The lowest BCUT2D eigenvalue weighted by molar-refractivity contribution is 0.661. The van der Waals surface area contributed by atoms with E-state index >= 15 is 0 Å². The normalized spacial score (nSPS) is 12.6. The van der Waals surface area contributed by atoms with Crippen LogP contribution in [0.25, 0.3) is 166 Å². The van der Waals surface area contributed by atoms with Crippen molar-refractivity contribution in [2.75, 3.05) is 0 Å². The SMILES string of the molecule is CC1(C)c2ccccc2-c2c1ccc1c2c2ccccc2n1-c1ccc(-c2nc(-c3ccccc3)nc(-c3ccccc3-c3ccc4c(c3)sc3ccc5c(c6ccccc6n5-c5nc(-c6ccccc6)nc(-c6cccc(-c7ccccc7)c6)n5)c34)n2)cc1. The Balaban J connectivity index is 0.745. The lowest BCUT2D eigenvalue weighted by Gasteiger charge is -2.21. The number of para-hydroxylation sites is 2. The molecule has 17 aromatic rings. The van der Waals surface area contributed by atoms with E-state index in [1.807, 2.05) is 53.8 Å². The molecule has 0 aliphatic heterocycles. The van der Waals surface area contributed by atoms with Crippen molar-refractivity contribution in [2.24, 2.45) is 0 Å². The zero-order valence-electron chi connectivity index (χ0n) is 49.0. The summed E-state index contributed by atoms with van der Waals surface area (Å²) in [7, 11) is 0. The number of benzene rings is 12. The van der Waals surface area contributed by atoms with E-state index in [2.05, 4.69) is 260 Å². The first-order valence-corrected chi connectivity index (χ1v) is 31.2. The molecular formula is C81H52N8S. The van der Waals surface area contributed by atoms with Crippen LogP contribution in [0.15, 0.2) is 279 Å². The van der Waals surface area contributed by atoms with Gasteiger partial charge in [0.25, 0.3) is 0 Å². The second-order valence-corrected chi connectivity index (χ2v) is 24.8. The highest BCUT2D eigenvalue weighted by Crippen LogP contribution is 2.53. The van der Waals surface area contributed by atoms with Gasteiger partial charge in [-0.3, -0.25) is 4.57 Å². The zero-order valence-corrected chi connectivity index (χ0v) is 49.9. The van der Waals surface area contributed by atoms with Crippen LogP contribution in [-0.4, -0.2) is 39.0 Å². The van der Waals surface area contributed by atoms with Crippen LogP contribution in [0.1, 0.15) is 25.0 Å². The molecule has 12 aromatic carbocycles. The van der Waals surface area contributed by atoms with Crippen molar-refractivity contribution in [3.63, 3.8) is 0 Å². The molecule has 422 valence electrons. The van der Waals surface area contributed by atoms with Crippen LogP contribution in [0, 0.1) is 0 Å². The molecule has 0 spiro atoms. The molecule has 9 heteroatoms. The number of fused-ring (bicyclic) bond motifs is 14. The van der Waals surface area contributed by atoms with Gasteiger partial charge < -0.3 is 4.57 Å². The molecule has 0 N–H and O–H groups in total. The molecule has 1 aliphatic carbocycles. The van der Waals surface area contributed by atoms with E-state index in [1.54, 1.807) is 0 Å². The highest BCUT2D eigenvalue weighted by atomic mass is 32.1. The van der Waals surface area contributed by atoms with Gasteiger partial charge in [0.2, 0.25) is 5.95 Å². The third-order valence-electron chi connectivity index (χ3n) is 18.3. The second-order valence-electron chi connectivity index (χ2n) is 23.8. The predicted molar refractivity (Wildman–Crippen MR) is 370 cm³/mol. The molecule has 0 radical (unpaired) electrons. The first-order valence-electron chi connectivity index (χ1n) is 30.4. The molecule has 0 bridgehead atoms. The Bertz CT molecular complexity index is 5750. The highest BCUT2D eigenvalue weighted by molar-refractivity contribution is 7.26. The Morgan fingerprint density at radius 2 is 0.800 bits per heavy atom. The standard InChI is InChI=1S/C81H52N8S/c1-81(2)63-34-17-14-31-59(63)71-64(81)43-44-67-72(71)60-32-15-18-35-65(60)88(67)56-40-37-52(38-41-56)76-82-75(50-23-8-4-9-24-50)84-79(85-76)58-30-13-12-29-57(58)54-39-42-62-70(48-54)90-69-46-45-68-73(74(62)69)61-33-16-19-36-66(61)89(68)80-86-77(51-25-10-5-11-26-51)83-78(87-80)55-28-20-27-53(47-55)49-21-6-3-7-22-49/h3-48H,1-2H3. The summed E-state index contributed by atoms with van der Waals surface area (Å²) >= 11 is 1.81. The first kappa shape index (κ1) is 51.7. The monoisotopic (exact) mass is 1170 g/mol. The van der Waals surface area contributed by atoms with Gasteiger partial charge >= 0.3 is 0 Å². The maximum atomic E-state index is 5.36. The van der Waals surface area contributed by atoms with E-state index in [4.69, 9.17) is 29.9 Å². The Kier molecular flexibility index (Phi) is 11.6. The van der Waals surface area contributed by atoms with Gasteiger partial charge in [0.15, 0.2) is 29.1 Å². The van der Waals surface area contributed by atoms with Gasteiger partial charge in [0, 0.05) is 80.6 Å². The van der Waals surface area contributed by atoms with Crippen molar-refractivity contribution in [3.05, 3.63) is 290 Å². The smallest absolute Gasteiger partial charge is 0.238 e. The van der Waals surface area contributed by atoms with Gasteiger partial charge in [0.1, 0.15) is 0 Å². The van der Waals surface area contributed by atoms with Crippen LogP contribution < -0.4 is 0 Å². The number of hydrogen-bond acceptors (Lipinski definition) is 7. The minimum Gasteiger partial charge on any atom is -0.309 e. The molecule has 0 saturated heterocycles. The van der Waals surface area contributed by atoms with Gasteiger partial charge in [-0.05, 0) is 111 Å². The van der Waals surface area contributed by atoms with Crippen LogP contribution in [0.2, 0.25) is 0 Å². The quantitative estimate of drug-likeness (QED) is 0.143. The van der Waals surface area contributed by atoms with Crippen molar-refractivity contribution in [1.82, 2.24) is 39.0 Å². The maximum absolute atomic E-state index is 5.36. The maximum Gasteiger partial charge on any atom is 0.238 e. The number of hydrogen-bond donors (Lipinski definition) is 0. The average molecular weight is 1170 g/mol. The Labute approximate surface area is 522 Å². The lowest BCUT2D eigenvalue weighted by atomic mass is 9.82. The van der Waals surface area contributed by atoms with Gasteiger partial charge in [-0.1, -0.05) is 226 Å². The third kappa shape index (κ3) is 8.13. The fraction of sp³-hybridized carbons (Fsp3) is 0.0370. The van der Waals surface area contributed by atoms with Gasteiger partial charge in [-0.15, -0.1) is 11.3 Å². The Hall–Kier alpha value is -11.5. The molecule has 1 aliphatic rings. The first-order chi connectivity index (χ1) is 44.4. The van der Waals surface area contributed by atoms with E-state index in [9.17, 15) is 0 Å². The van der Waals surface area contributed by atoms with Crippen molar-refractivity contribution < 1.29 is 0 Å². The van der Waals surface area contributed by atoms with Crippen LogP contribution >= 0.6 is 11.3 Å². The molecule has 5 aromatic heterocycles. The summed E-state index contributed by atoms with van der Waals surface area (Å²) in [4.78, 5) is 31.6. The summed E-state index contributed by atoms with van der Waals surface area (Å²) in [5, 5.41) is 7.20. The number of rotatable bonds is 9. The van der Waals surface area contributed by atoms with E-state index < -0.39 is 0 Å². The van der Waals surface area contributed by atoms with Crippen molar-refractivity contribution in [2.45, 2.75) is 19.3 Å². The summed E-state index contributed by atoms with van der Waals surface area (Å²) in [5.74, 6) is 3.58. The molecule has 0 amide bonds. The summed E-state index contributed by atoms with van der Waals surface area (Å²) in [6.07, 6.45) is 0.